The van der Waals surface area contributed by atoms with Crippen molar-refractivity contribution < 1.29 is 13.2 Å². The lowest BCUT2D eigenvalue weighted by atomic mass is 10.0. The Morgan fingerprint density at radius 2 is 1.58 bits per heavy atom. The van der Waals surface area contributed by atoms with Crippen LogP contribution in [0.1, 0.15) is 25.7 Å². The van der Waals surface area contributed by atoms with Crippen molar-refractivity contribution in [1.29, 1.82) is 0 Å². The highest BCUT2D eigenvalue weighted by Crippen LogP contribution is 2.40. The summed E-state index contributed by atoms with van der Waals surface area (Å²) in [4.78, 5) is 4.38. The molecule has 1 aromatic carbocycles. The van der Waals surface area contributed by atoms with Crippen LogP contribution in [0.5, 0.6) is 5.75 Å². The van der Waals surface area contributed by atoms with Crippen LogP contribution in [0.15, 0.2) is 59.8 Å². The van der Waals surface area contributed by atoms with E-state index >= 15 is 0 Å². The topological polar surface area (TPSA) is 59.5 Å². The largest absolute Gasteiger partial charge is 0.490 e. The Balaban J connectivity index is 1.53. The third-order valence-corrected chi connectivity index (χ3v) is 6.91. The molecule has 2 atom stereocenters. The highest BCUT2D eigenvalue weighted by atomic mass is 32.2. The maximum absolute atomic E-state index is 13.0. The first-order chi connectivity index (χ1) is 11.6. The molecule has 0 N–H and O–H groups in total. The van der Waals surface area contributed by atoms with Gasteiger partial charge >= 0.3 is 0 Å². The Kier molecular flexibility index (Phi) is 4.02. The van der Waals surface area contributed by atoms with E-state index in [1.165, 1.54) is 0 Å². The molecule has 3 heterocycles. The van der Waals surface area contributed by atoms with Crippen molar-refractivity contribution in [3.05, 3.63) is 54.9 Å². The van der Waals surface area contributed by atoms with Crippen molar-refractivity contribution in [3.8, 4) is 5.75 Å². The van der Waals surface area contributed by atoms with E-state index in [2.05, 4.69) is 4.98 Å². The van der Waals surface area contributed by atoms with Gasteiger partial charge in [0.25, 0.3) is 0 Å². The van der Waals surface area contributed by atoms with Crippen LogP contribution < -0.4 is 4.74 Å². The molecule has 0 saturated carbocycles. The zero-order chi connectivity index (χ0) is 16.6. The van der Waals surface area contributed by atoms with Crippen LogP contribution in [0.4, 0.5) is 0 Å². The summed E-state index contributed by atoms with van der Waals surface area (Å²) in [6, 6.07) is 12.5. The zero-order valence-corrected chi connectivity index (χ0v) is 14.1. The first-order valence-corrected chi connectivity index (χ1v) is 9.74. The normalized spacial score (nSPS) is 27.1. The summed E-state index contributed by atoms with van der Waals surface area (Å²) in [7, 11) is -3.43. The molecule has 0 unspecified atom stereocenters. The second-order valence-electron chi connectivity index (χ2n) is 6.43. The third kappa shape index (κ3) is 2.80. The molecular formula is C18H20N2O3S. The van der Waals surface area contributed by atoms with Crippen molar-refractivity contribution in [2.75, 3.05) is 0 Å². The quantitative estimate of drug-likeness (QED) is 0.856. The van der Waals surface area contributed by atoms with Crippen molar-refractivity contribution in [2.45, 2.75) is 48.8 Å². The summed E-state index contributed by atoms with van der Waals surface area (Å²) in [6.07, 6.45) is 6.78. The van der Waals surface area contributed by atoms with E-state index < -0.39 is 10.0 Å². The van der Waals surface area contributed by atoms with E-state index in [4.69, 9.17) is 4.74 Å². The lowest BCUT2D eigenvalue weighted by molar-refractivity contribution is 0.0956. The molecule has 0 radical (unpaired) electrons. The summed E-state index contributed by atoms with van der Waals surface area (Å²) in [5, 5.41) is 0. The van der Waals surface area contributed by atoms with Gasteiger partial charge in [0.2, 0.25) is 10.0 Å². The molecule has 0 amide bonds. The molecule has 24 heavy (non-hydrogen) atoms. The second-order valence-corrected chi connectivity index (χ2v) is 8.27. The lowest BCUT2D eigenvalue weighted by Crippen LogP contribution is -2.49. The number of hydrogen-bond donors (Lipinski definition) is 0. The Bertz CT molecular complexity index is 782. The van der Waals surface area contributed by atoms with Gasteiger partial charge in [-0.25, -0.2) is 8.42 Å². The van der Waals surface area contributed by atoms with Crippen LogP contribution in [0.3, 0.4) is 0 Å². The van der Waals surface area contributed by atoms with Crippen LogP contribution in [0.25, 0.3) is 0 Å². The van der Waals surface area contributed by atoms with E-state index in [-0.39, 0.29) is 18.2 Å². The molecular weight excluding hydrogens is 324 g/mol. The van der Waals surface area contributed by atoms with Gasteiger partial charge in [0.05, 0.1) is 4.90 Å². The van der Waals surface area contributed by atoms with Gasteiger partial charge in [-0.1, -0.05) is 18.2 Å². The highest BCUT2D eigenvalue weighted by molar-refractivity contribution is 7.89. The monoisotopic (exact) mass is 344 g/mol. The maximum Gasteiger partial charge on any atom is 0.243 e. The second kappa shape index (κ2) is 6.18. The van der Waals surface area contributed by atoms with E-state index in [0.717, 1.165) is 31.4 Å². The standard InChI is InChI=1S/C18H20N2O3S/c21-24(22,18-4-2-1-3-5-18)20-14-6-7-15(20)13-17(12-14)23-16-8-10-19-11-9-16/h1-5,8-11,14-15,17H,6-7,12-13H2/t14-,15-/m0/s1. The number of benzene rings is 1. The molecule has 2 aliphatic rings. The molecule has 126 valence electrons. The Morgan fingerprint density at radius 3 is 2.21 bits per heavy atom. The number of hydrogen-bond acceptors (Lipinski definition) is 4. The average Bonchev–Trinajstić information content (AvgIpc) is 2.89. The first-order valence-electron chi connectivity index (χ1n) is 8.30. The predicted octanol–water partition coefficient (Wildman–Crippen LogP) is 2.84. The van der Waals surface area contributed by atoms with Crippen LogP contribution >= 0.6 is 0 Å². The van der Waals surface area contributed by atoms with Gasteiger partial charge in [0.1, 0.15) is 11.9 Å². The number of aromatic nitrogens is 1. The number of pyridine rings is 1. The van der Waals surface area contributed by atoms with Gasteiger partial charge in [-0.2, -0.15) is 4.31 Å². The zero-order valence-electron chi connectivity index (χ0n) is 13.3. The average molecular weight is 344 g/mol. The lowest BCUT2D eigenvalue weighted by Gasteiger charge is -2.37. The van der Waals surface area contributed by atoms with E-state index in [1.807, 2.05) is 18.2 Å². The van der Waals surface area contributed by atoms with Crippen molar-refractivity contribution in [3.63, 3.8) is 0 Å². The number of piperidine rings is 1. The van der Waals surface area contributed by atoms with Gasteiger partial charge in [-0.05, 0) is 37.1 Å². The van der Waals surface area contributed by atoms with Gasteiger partial charge in [-0.3, -0.25) is 4.98 Å². The fourth-order valence-corrected chi connectivity index (χ4v) is 5.81. The number of rotatable bonds is 4. The highest BCUT2D eigenvalue weighted by Gasteiger charge is 2.47. The third-order valence-electron chi connectivity index (χ3n) is 4.89. The number of fused-ring (bicyclic) bond motifs is 2. The number of sulfonamides is 1. The van der Waals surface area contributed by atoms with E-state index in [1.54, 1.807) is 41.0 Å². The Hall–Kier alpha value is -1.92. The smallest absolute Gasteiger partial charge is 0.243 e. The van der Waals surface area contributed by atoms with E-state index in [0.29, 0.717) is 4.90 Å². The molecule has 0 spiro atoms. The van der Waals surface area contributed by atoms with Gasteiger partial charge < -0.3 is 4.74 Å². The van der Waals surface area contributed by atoms with Crippen LogP contribution in [-0.4, -0.2) is 35.9 Å². The Morgan fingerprint density at radius 1 is 0.958 bits per heavy atom. The first kappa shape index (κ1) is 15.6. The maximum atomic E-state index is 13.0. The van der Waals surface area contributed by atoms with Crippen molar-refractivity contribution in [1.82, 2.24) is 9.29 Å². The van der Waals surface area contributed by atoms with Crippen LogP contribution in [0, 0.1) is 0 Å². The Labute approximate surface area is 142 Å². The summed E-state index contributed by atoms with van der Waals surface area (Å²) >= 11 is 0. The minimum Gasteiger partial charge on any atom is -0.490 e. The van der Waals surface area contributed by atoms with Crippen LogP contribution in [-0.2, 0) is 10.0 Å². The predicted molar refractivity (Wildman–Crippen MR) is 90.2 cm³/mol. The molecule has 2 bridgehead atoms. The summed E-state index contributed by atoms with van der Waals surface area (Å²) in [6.45, 7) is 0. The molecule has 4 rings (SSSR count). The summed E-state index contributed by atoms with van der Waals surface area (Å²) in [5.41, 5.74) is 0. The SMILES string of the molecule is O=S(=O)(c1ccccc1)N1[C@H]2CC[C@H]1CC(Oc1ccncc1)C2. The van der Waals surface area contributed by atoms with Gasteiger partial charge in [0.15, 0.2) is 0 Å². The molecule has 6 heteroatoms. The minimum absolute atomic E-state index is 0.0285. The van der Waals surface area contributed by atoms with E-state index in [9.17, 15) is 8.42 Å². The molecule has 0 aliphatic carbocycles. The molecule has 2 fully saturated rings. The molecule has 5 nitrogen and oxygen atoms in total. The van der Waals surface area contributed by atoms with Crippen LogP contribution in [0.2, 0.25) is 0 Å². The fraction of sp³-hybridized carbons (Fsp3) is 0.389. The van der Waals surface area contributed by atoms with Gasteiger partial charge in [-0.15, -0.1) is 0 Å². The summed E-state index contributed by atoms with van der Waals surface area (Å²) < 4.78 is 33.8. The minimum atomic E-state index is -3.43. The molecule has 1 aromatic heterocycles. The molecule has 2 saturated heterocycles. The summed E-state index contributed by atoms with van der Waals surface area (Å²) in [5.74, 6) is 0.800. The fourth-order valence-electron chi connectivity index (χ4n) is 3.90. The van der Waals surface area contributed by atoms with Gasteiger partial charge in [0, 0.05) is 37.3 Å². The van der Waals surface area contributed by atoms with Crippen molar-refractivity contribution >= 4 is 10.0 Å². The number of nitrogens with zero attached hydrogens (tertiary/aromatic N) is 2. The molecule has 2 aliphatic heterocycles. The number of ether oxygens (including phenoxy) is 1. The van der Waals surface area contributed by atoms with Crippen molar-refractivity contribution in [2.24, 2.45) is 0 Å². The molecule has 2 aromatic rings.